The summed E-state index contributed by atoms with van der Waals surface area (Å²) in [6.07, 6.45) is 2.51. The van der Waals surface area contributed by atoms with E-state index < -0.39 is 5.97 Å². The topological polar surface area (TPSA) is 66.6 Å². The molecule has 0 saturated carbocycles. The largest absolute Gasteiger partial charge is 0.480 e. The number of hydrogen-bond acceptors (Lipinski definition) is 3. The summed E-state index contributed by atoms with van der Waals surface area (Å²) >= 11 is 0. The maximum atomic E-state index is 10.3. The van der Waals surface area contributed by atoms with Crippen molar-refractivity contribution in [3.05, 3.63) is 12.7 Å². The van der Waals surface area contributed by atoms with Gasteiger partial charge in [0, 0.05) is 13.1 Å². The number of nitrogens with zero attached hydrogens (tertiary/aromatic N) is 1. The number of carboxylic acid groups (broad SMARTS) is 1. The summed E-state index contributed by atoms with van der Waals surface area (Å²) < 4.78 is 0. The molecule has 0 aromatic carbocycles. The van der Waals surface area contributed by atoms with E-state index in [-0.39, 0.29) is 6.54 Å². The van der Waals surface area contributed by atoms with Gasteiger partial charge in [-0.2, -0.15) is 0 Å². The average molecular weight is 172 g/mol. The molecule has 0 fully saturated rings. The number of rotatable bonds is 7. The van der Waals surface area contributed by atoms with Crippen LogP contribution in [0.3, 0.4) is 0 Å². The Morgan fingerprint density at radius 1 is 1.67 bits per heavy atom. The van der Waals surface area contributed by atoms with E-state index in [4.69, 9.17) is 10.8 Å². The van der Waals surface area contributed by atoms with Gasteiger partial charge in [-0.05, 0) is 13.0 Å². The molecule has 0 unspecified atom stereocenters. The summed E-state index contributed by atoms with van der Waals surface area (Å²) in [5, 5.41) is 8.50. The summed E-state index contributed by atoms with van der Waals surface area (Å²) in [7, 11) is 0. The Bertz CT molecular complexity index is 148. The predicted octanol–water partition coefficient (Wildman–Crippen LogP) is -0.0922. The zero-order chi connectivity index (χ0) is 9.40. The number of carbonyl (C=O) groups is 1. The SMILES string of the molecule is C=CCN(CCCN)CC(=O)O. The molecule has 0 aliphatic heterocycles. The highest BCUT2D eigenvalue weighted by atomic mass is 16.4. The lowest BCUT2D eigenvalue weighted by Crippen LogP contribution is -2.31. The molecule has 0 amide bonds. The van der Waals surface area contributed by atoms with Crippen molar-refractivity contribution in [2.45, 2.75) is 6.42 Å². The highest BCUT2D eigenvalue weighted by Gasteiger charge is 2.06. The van der Waals surface area contributed by atoms with Crippen LogP contribution in [0, 0.1) is 0 Å². The summed E-state index contributed by atoms with van der Waals surface area (Å²) in [5.74, 6) is -0.811. The molecular weight excluding hydrogens is 156 g/mol. The van der Waals surface area contributed by atoms with Crippen molar-refractivity contribution >= 4 is 5.97 Å². The van der Waals surface area contributed by atoms with Crippen molar-refractivity contribution < 1.29 is 9.90 Å². The summed E-state index contributed by atoms with van der Waals surface area (Å²) in [6, 6.07) is 0. The Morgan fingerprint density at radius 2 is 2.33 bits per heavy atom. The number of nitrogens with two attached hydrogens (primary N) is 1. The molecule has 0 spiro atoms. The van der Waals surface area contributed by atoms with Crippen molar-refractivity contribution in [1.82, 2.24) is 4.90 Å². The fraction of sp³-hybridized carbons (Fsp3) is 0.625. The first-order chi connectivity index (χ1) is 5.70. The van der Waals surface area contributed by atoms with Gasteiger partial charge >= 0.3 is 5.97 Å². The minimum Gasteiger partial charge on any atom is -0.480 e. The maximum Gasteiger partial charge on any atom is 0.317 e. The van der Waals surface area contributed by atoms with Gasteiger partial charge in [0.15, 0.2) is 0 Å². The van der Waals surface area contributed by atoms with Gasteiger partial charge in [-0.3, -0.25) is 9.69 Å². The summed E-state index contributed by atoms with van der Waals surface area (Å²) in [5.41, 5.74) is 5.30. The van der Waals surface area contributed by atoms with Crippen molar-refractivity contribution in [1.29, 1.82) is 0 Å². The molecule has 0 aromatic rings. The summed E-state index contributed by atoms with van der Waals surface area (Å²) in [4.78, 5) is 12.1. The number of carboxylic acids is 1. The van der Waals surface area contributed by atoms with Crippen LogP contribution in [0.25, 0.3) is 0 Å². The van der Waals surface area contributed by atoms with Crippen LogP contribution in [0.1, 0.15) is 6.42 Å². The average Bonchev–Trinajstić information content (AvgIpc) is 2.00. The third kappa shape index (κ3) is 5.88. The quantitative estimate of drug-likeness (QED) is 0.527. The molecule has 4 heteroatoms. The Labute approximate surface area is 72.7 Å². The van der Waals surface area contributed by atoms with Gasteiger partial charge in [0.25, 0.3) is 0 Å². The van der Waals surface area contributed by atoms with Crippen LogP contribution in [0.4, 0.5) is 0 Å². The smallest absolute Gasteiger partial charge is 0.317 e. The molecule has 0 saturated heterocycles. The molecule has 12 heavy (non-hydrogen) atoms. The standard InChI is InChI=1S/C8H16N2O2/c1-2-5-10(6-3-4-9)7-8(11)12/h2H,1,3-7,9H2,(H,11,12). The maximum absolute atomic E-state index is 10.3. The molecule has 0 bridgehead atoms. The summed E-state index contributed by atoms with van der Waals surface area (Å²) in [6.45, 7) is 5.52. The van der Waals surface area contributed by atoms with Crippen LogP contribution in [0.5, 0.6) is 0 Å². The van der Waals surface area contributed by atoms with Gasteiger partial charge in [0.05, 0.1) is 6.54 Å². The Kier molecular flexibility index (Phi) is 6.32. The first-order valence-electron chi connectivity index (χ1n) is 3.95. The zero-order valence-corrected chi connectivity index (χ0v) is 7.20. The van der Waals surface area contributed by atoms with E-state index in [1.165, 1.54) is 0 Å². The molecular formula is C8H16N2O2. The van der Waals surface area contributed by atoms with Gasteiger partial charge in [-0.1, -0.05) is 6.08 Å². The van der Waals surface area contributed by atoms with E-state index >= 15 is 0 Å². The Hall–Kier alpha value is -0.870. The monoisotopic (exact) mass is 172 g/mol. The highest BCUT2D eigenvalue weighted by molar-refractivity contribution is 5.69. The van der Waals surface area contributed by atoms with E-state index in [9.17, 15) is 4.79 Å². The molecule has 0 aliphatic rings. The fourth-order valence-electron chi connectivity index (χ4n) is 0.924. The first-order valence-corrected chi connectivity index (χ1v) is 3.95. The second-order valence-corrected chi connectivity index (χ2v) is 2.56. The predicted molar refractivity (Wildman–Crippen MR) is 47.9 cm³/mol. The molecule has 0 atom stereocenters. The lowest BCUT2D eigenvalue weighted by molar-refractivity contribution is -0.138. The van der Waals surface area contributed by atoms with Gasteiger partial charge in [-0.25, -0.2) is 0 Å². The first kappa shape index (κ1) is 11.1. The number of hydrogen-bond donors (Lipinski definition) is 2. The lowest BCUT2D eigenvalue weighted by Gasteiger charge is -2.17. The molecule has 4 nitrogen and oxygen atoms in total. The van der Waals surface area contributed by atoms with Crippen LogP contribution in [-0.2, 0) is 4.79 Å². The van der Waals surface area contributed by atoms with Crippen molar-refractivity contribution in [2.24, 2.45) is 5.73 Å². The lowest BCUT2D eigenvalue weighted by atomic mass is 10.3. The van der Waals surface area contributed by atoms with E-state index in [2.05, 4.69) is 6.58 Å². The van der Waals surface area contributed by atoms with Crippen molar-refractivity contribution in [3.8, 4) is 0 Å². The molecule has 0 rings (SSSR count). The molecule has 0 aliphatic carbocycles. The molecule has 0 heterocycles. The third-order valence-electron chi connectivity index (χ3n) is 1.42. The van der Waals surface area contributed by atoms with Gasteiger partial charge < -0.3 is 10.8 Å². The van der Waals surface area contributed by atoms with Crippen LogP contribution < -0.4 is 5.73 Å². The van der Waals surface area contributed by atoms with Gasteiger partial charge in [0.2, 0.25) is 0 Å². The second-order valence-electron chi connectivity index (χ2n) is 2.56. The van der Waals surface area contributed by atoms with E-state index in [1.807, 2.05) is 0 Å². The van der Waals surface area contributed by atoms with E-state index in [1.54, 1.807) is 11.0 Å². The fourth-order valence-corrected chi connectivity index (χ4v) is 0.924. The minimum absolute atomic E-state index is 0.0615. The molecule has 70 valence electrons. The second kappa shape index (κ2) is 6.82. The Morgan fingerprint density at radius 3 is 2.75 bits per heavy atom. The molecule has 0 aromatic heterocycles. The van der Waals surface area contributed by atoms with Gasteiger partial charge in [0.1, 0.15) is 0 Å². The van der Waals surface area contributed by atoms with E-state index in [0.29, 0.717) is 13.1 Å². The Balaban J connectivity index is 3.68. The van der Waals surface area contributed by atoms with Crippen molar-refractivity contribution in [3.63, 3.8) is 0 Å². The van der Waals surface area contributed by atoms with E-state index in [0.717, 1.165) is 13.0 Å². The minimum atomic E-state index is -0.811. The molecule has 3 N–H and O–H groups in total. The van der Waals surface area contributed by atoms with Crippen LogP contribution in [0.15, 0.2) is 12.7 Å². The highest BCUT2D eigenvalue weighted by Crippen LogP contribution is 1.90. The van der Waals surface area contributed by atoms with Crippen molar-refractivity contribution in [2.75, 3.05) is 26.2 Å². The normalized spacial score (nSPS) is 10.2. The van der Waals surface area contributed by atoms with Crippen LogP contribution >= 0.6 is 0 Å². The number of aliphatic carboxylic acids is 1. The van der Waals surface area contributed by atoms with Crippen LogP contribution in [0.2, 0.25) is 0 Å². The molecule has 0 radical (unpaired) electrons. The van der Waals surface area contributed by atoms with Gasteiger partial charge in [-0.15, -0.1) is 6.58 Å². The zero-order valence-electron chi connectivity index (χ0n) is 7.20. The van der Waals surface area contributed by atoms with Crippen LogP contribution in [-0.4, -0.2) is 42.2 Å². The third-order valence-corrected chi connectivity index (χ3v) is 1.42.